The molecule has 1 unspecified atom stereocenters. The first-order chi connectivity index (χ1) is 18.3. The van der Waals surface area contributed by atoms with Gasteiger partial charge in [0.05, 0.1) is 29.8 Å². The number of fused-ring (bicyclic) bond motifs is 2. The number of aromatic nitrogens is 7. The van der Waals surface area contributed by atoms with Crippen molar-refractivity contribution in [1.82, 2.24) is 39.2 Å². The van der Waals surface area contributed by atoms with Crippen molar-refractivity contribution >= 4 is 22.8 Å². The van der Waals surface area contributed by atoms with E-state index >= 15 is 0 Å². The second-order valence-corrected chi connectivity index (χ2v) is 10.9. The van der Waals surface area contributed by atoms with E-state index in [0.717, 1.165) is 40.6 Å². The number of nitrogens with zero attached hydrogens (tertiary/aromatic N) is 8. The standard InChI is InChI=1S/C28H30N8O2/c1-27(2,3)28(10-4-5-12-34(28)26(37)38)35-18-21(15-32-35)24-17-31-25-30-16-22(36(25)33-24)14-19-8-9-23-20(13-19)7-6-11-29-23/h6-9,11,13,15-18H,4-5,10,12,14H2,1-3H3,(H,37,38). The van der Waals surface area contributed by atoms with E-state index in [9.17, 15) is 9.90 Å². The lowest BCUT2D eigenvalue weighted by Crippen LogP contribution is -2.62. The maximum Gasteiger partial charge on any atom is 0.409 e. The molecule has 5 aromatic rings. The molecule has 1 amide bonds. The zero-order valence-corrected chi connectivity index (χ0v) is 21.7. The lowest BCUT2D eigenvalue weighted by Gasteiger charge is -2.53. The Kier molecular flexibility index (Phi) is 5.62. The largest absolute Gasteiger partial charge is 0.465 e. The summed E-state index contributed by atoms with van der Waals surface area (Å²) >= 11 is 0. The molecule has 1 N–H and O–H groups in total. The molecule has 0 aliphatic carbocycles. The number of imidazole rings is 1. The van der Waals surface area contributed by atoms with E-state index in [2.05, 4.69) is 59.0 Å². The zero-order valence-electron chi connectivity index (χ0n) is 21.7. The smallest absolute Gasteiger partial charge is 0.409 e. The third-order valence-electron chi connectivity index (χ3n) is 7.65. The molecule has 6 rings (SSSR count). The van der Waals surface area contributed by atoms with Gasteiger partial charge in [-0.05, 0) is 43.0 Å². The number of hydrogen-bond acceptors (Lipinski definition) is 6. The molecular formula is C28H30N8O2. The molecule has 1 saturated heterocycles. The predicted octanol–water partition coefficient (Wildman–Crippen LogP) is 4.99. The van der Waals surface area contributed by atoms with Crippen LogP contribution in [0.1, 0.15) is 51.3 Å². The van der Waals surface area contributed by atoms with Gasteiger partial charge in [0, 0.05) is 41.7 Å². The van der Waals surface area contributed by atoms with Gasteiger partial charge < -0.3 is 5.11 Å². The number of benzene rings is 1. The van der Waals surface area contributed by atoms with Crippen molar-refractivity contribution in [3.63, 3.8) is 0 Å². The van der Waals surface area contributed by atoms with Crippen LogP contribution in [0.5, 0.6) is 0 Å². The Morgan fingerprint density at radius 3 is 2.74 bits per heavy atom. The van der Waals surface area contributed by atoms with E-state index in [4.69, 9.17) is 5.10 Å². The average molecular weight is 511 g/mol. The van der Waals surface area contributed by atoms with Gasteiger partial charge in [-0.15, -0.1) is 0 Å². The second kappa shape index (κ2) is 8.90. The molecule has 194 valence electrons. The Bertz CT molecular complexity index is 1650. The van der Waals surface area contributed by atoms with E-state index in [1.165, 1.54) is 0 Å². The summed E-state index contributed by atoms with van der Waals surface area (Å²) in [6.07, 6.45) is 11.1. The van der Waals surface area contributed by atoms with Crippen LogP contribution in [0.3, 0.4) is 0 Å². The van der Waals surface area contributed by atoms with Crippen molar-refractivity contribution in [2.75, 3.05) is 6.54 Å². The highest BCUT2D eigenvalue weighted by atomic mass is 16.4. The Morgan fingerprint density at radius 1 is 1.08 bits per heavy atom. The van der Waals surface area contributed by atoms with Gasteiger partial charge in [0.1, 0.15) is 11.4 Å². The molecule has 1 aliphatic heterocycles. The third kappa shape index (κ3) is 3.87. The fraction of sp³-hybridized carbons (Fsp3) is 0.357. The molecule has 38 heavy (non-hydrogen) atoms. The molecule has 10 heteroatoms. The highest BCUT2D eigenvalue weighted by Gasteiger charge is 2.52. The van der Waals surface area contributed by atoms with Crippen LogP contribution in [0, 0.1) is 5.41 Å². The molecule has 0 radical (unpaired) electrons. The Balaban J connectivity index is 1.36. The molecule has 0 spiro atoms. The van der Waals surface area contributed by atoms with Gasteiger partial charge in [0.2, 0.25) is 0 Å². The number of piperidine rings is 1. The van der Waals surface area contributed by atoms with E-state index in [0.29, 0.717) is 30.9 Å². The van der Waals surface area contributed by atoms with E-state index < -0.39 is 11.8 Å². The van der Waals surface area contributed by atoms with Crippen molar-refractivity contribution < 1.29 is 9.90 Å². The van der Waals surface area contributed by atoms with Crippen LogP contribution < -0.4 is 0 Å². The van der Waals surface area contributed by atoms with Crippen LogP contribution >= 0.6 is 0 Å². The first-order valence-electron chi connectivity index (χ1n) is 12.9. The van der Waals surface area contributed by atoms with Gasteiger partial charge in [-0.2, -0.15) is 10.2 Å². The molecule has 4 aromatic heterocycles. The molecule has 0 saturated carbocycles. The number of amides is 1. The minimum atomic E-state index is -0.926. The normalized spacial score (nSPS) is 18.3. The summed E-state index contributed by atoms with van der Waals surface area (Å²) in [4.78, 5) is 27.2. The van der Waals surface area contributed by atoms with Gasteiger partial charge >= 0.3 is 6.09 Å². The molecule has 1 aliphatic rings. The number of hydrogen-bond donors (Lipinski definition) is 1. The first-order valence-corrected chi connectivity index (χ1v) is 12.9. The molecule has 1 aromatic carbocycles. The van der Waals surface area contributed by atoms with Crippen molar-refractivity contribution in [2.45, 2.75) is 52.1 Å². The van der Waals surface area contributed by atoms with Gasteiger partial charge in [-0.1, -0.05) is 32.9 Å². The van der Waals surface area contributed by atoms with Crippen LogP contribution in [-0.4, -0.2) is 57.0 Å². The first kappa shape index (κ1) is 24.0. The number of carbonyl (C=O) groups is 1. The van der Waals surface area contributed by atoms with Crippen LogP contribution in [-0.2, 0) is 12.1 Å². The molecule has 1 atom stereocenters. The minimum Gasteiger partial charge on any atom is -0.465 e. The number of carboxylic acid groups (broad SMARTS) is 1. The summed E-state index contributed by atoms with van der Waals surface area (Å²) in [7, 11) is 0. The Labute approximate surface area is 220 Å². The Morgan fingerprint density at radius 2 is 1.92 bits per heavy atom. The van der Waals surface area contributed by atoms with Crippen LogP contribution in [0.15, 0.2) is 61.3 Å². The summed E-state index contributed by atoms with van der Waals surface area (Å²) in [5.41, 5.74) is 3.25. The quantitative estimate of drug-likeness (QED) is 0.362. The van der Waals surface area contributed by atoms with Crippen molar-refractivity contribution in [1.29, 1.82) is 0 Å². The number of rotatable bonds is 4. The highest BCUT2D eigenvalue weighted by Crippen LogP contribution is 2.46. The summed E-state index contributed by atoms with van der Waals surface area (Å²) in [5, 5.41) is 20.7. The van der Waals surface area contributed by atoms with Gasteiger partial charge in [0.15, 0.2) is 0 Å². The molecule has 10 nitrogen and oxygen atoms in total. The predicted molar refractivity (Wildman–Crippen MR) is 143 cm³/mol. The topological polar surface area (TPSA) is 114 Å². The fourth-order valence-corrected chi connectivity index (χ4v) is 5.75. The maximum atomic E-state index is 12.3. The van der Waals surface area contributed by atoms with E-state index in [1.54, 1.807) is 34.2 Å². The van der Waals surface area contributed by atoms with Crippen LogP contribution in [0.4, 0.5) is 4.79 Å². The minimum absolute atomic E-state index is 0.377. The van der Waals surface area contributed by atoms with E-state index in [1.807, 2.05) is 23.0 Å². The van der Waals surface area contributed by atoms with Gasteiger partial charge in [-0.25, -0.2) is 24.0 Å². The molecule has 5 heterocycles. The van der Waals surface area contributed by atoms with Gasteiger partial charge in [-0.3, -0.25) is 9.88 Å². The zero-order chi connectivity index (χ0) is 26.5. The summed E-state index contributed by atoms with van der Waals surface area (Å²) < 4.78 is 3.59. The average Bonchev–Trinajstić information content (AvgIpc) is 3.55. The summed E-state index contributed by atoms with van der Waals surface area (Å²) in [6.45, 7) is 6.70. The van der Waals surface area contributed by atoms with Crippen molar-refractivity contribution in [2.24, 2.45) is 5.41 Å². The lowest BCUT2D eigenvalue weighted by atomic mass is 9.74. The van der Waals surface area contributed by atoms with Gasteiger partial charge in [0.25, 0.3) is 5.78 Å². The SMILES string of the molecule is CC(C)(C)C1(n2cc(-c3cnc4ncc(Cc5ccc6ncccc6c5)n4n3)cn2)CCCCN1C(=O)O. The fourth-order valence-electron chi connectivity index (χ4n) is 5.75. The van der Waals surface area contributed by atoms with E-state index in [-0.39, 0.29) is 5.41 Å². The monoisotopic (exact) mass is 510 g/mol. The third-order valence-corrected chi connectivity index (χ3v) is 7.65. The molecular weight excluding hydrogens is 480 g/mol. The summed E-state index contributed by atoms with van der Waals surface area (Å²) in [5.74, 6) is 0.522. The van der Waals surface area contributed by atoms with Crippen LogP contribution in [0.2, 0.25) is 0 Å². The van der Waals surface area contributed by atoms with Crippen molar-refractivity contribution in [3.8, 4) is 11.3 Å². The van der Waals surface area contributed by atoms with Crippen molar-refractivity contribution in [3.05, 3.63) is 72.6 Å². The molecule has 1 fully saturated rings. The Hall–Kier alpha value is -4.34. The maximum absolute atomic E-state index is 12.3. The number of pyridine rings is 1. The van der Waals surface area contributed by atoms with Crippen LogP contribution in [0.25, 0.3) is 27.9 Å². The second-order valence-electron chi connectivity index (χ2n) is 10.9. The molecule has 0 bridgehead atoms. The summed E-state index contributed by atoms with van der Waals surface area (Å²) in [6, 6.07) is 10.2. The highest BCUT2D eigenvalue weighted by molar-refractivity contribution is 5.79. The lowest BCUT2D eigenvalue weighted by molar-refractivity contribution is -0.0920. The number of likely N-dealkylation sites (tertiary alicyclic amines) is 1.